The van der Waals surface area contributed by atoms with Crippen LogP contribution in [-0.2, 0) is 4.57 Å². The number of rotatable bonds is 4. The Kier molecular flexibility index (Phi) is 4.88. The van der Waals surface area contributed by atoms with E-state index >= 15 is 0 Å². The lowest BCUT2D eigenvalue weighted by Crippen LogP contribution is -2.14. The highest BCUT2D eigenvalue weighted by atomic mass is 35.9. The summed E-state index contributed by atoms with van der Waals surface area (Å²) >= 11 is 12.8. The molecule has 0 bridgehead atoms. The van der Waals surface area contributed by atoms with Gasteiger partial charge in [0.1, 0.15) is 0 Å². The van der Waals surface area contributed by atoms with Gasteiger partial charge in [-0.15, -0.1) is 11.8 Å². The molecule has 0 aromatic rings. The molecular weight excluding hydrogens is 222 g/mol. The molecule has 68 valence electrons. The third-order valence-electron chi connectivity index (χ3n) is 1.66. The first-order valence-corrected chi connectivity index (χ1v) is 8.01. The van der Waals surface area contributed by atoms with Gasteiger partial charge in [-0.1, -0.05) is 13.8 Å². The Hall–Kier alpha value is 1.16. The monoisotopic (exact) mass is 234 g/mol. The van der Waals surface area contributed by atoms with E-state index in [9.17, 15) is 4.57 Å². The van der Waals surface area contributed by atoms with E-state index in [1.807, 2.05) is 20.8 Å². The summed E-state index contributed by atoms with van der Waals surface area (Å²) in [5, 5.41) is 0. The smallest absolute Gasteiger partial charge is 0.268 e. The molecule has 0 radical (unpaired) electrons. The van der Waals surface area contributed by atoms with E-state index in [1.54, 1.807) is 11.8 Å². The fourth-order valence-corrected chi connectivity index (χ4v) is 4.45. The molecular formula is C6H13Cl2OPS. The first-order chi connectivity index (χ1) is 4.87. The predicted octanol–water partition coefficient (Wildman–Crippen LogP) is 4.54. The van der Waals surface area contributed by atoms with Gasteiger partial charge in [0.2, 0.25) is 0 Å². The van der Waals surface area contributed by atoms with E-state index in [-0.39, 0.29) is 0 Å². The Balaban J connectivity index is 4.47. The van der Waals surface area contributed by atoms with Crippen molar-refractivity contribution < 1.29 is 4.57 Å². The third kappa shape index (κ3) is 3.18. The van der Waals surface area contributed by atoms with Gasteiger partial charge < -0.3 is 0 Å². The second kappa shape index (κ2) is 4.41. The van der Waals surface area contributed by atoms with Crippen LogP contribution < -0.4 is 0 Å². The van der Waals surface area contributed by atoms with Crippen molar-refractivity contribution in [2.45, 2.75) is 31.7 Å². The summed E-state index contributed by atoms with van der Waals surface area (Å²) in [5.74, 6) is -2.11. The van der Waals surface area contributed by atoms with Crippen molar-refractivity contribution in [2.75, 3.05) is 5.75 Å². The third-order valence-corrected chi connectivity index (χ3v) is 8.28. The standard InChI is InChI=1S/C6H13Cl2OPS/c1-4-6(3,11-5-2)10(7,8)9/h4-5H2,1-3H3. The van der Waals surface area contributed by atoms with Crippen LogP contribution in [0.3, 0.4) is 0 Å². The summed E-state index contributed by atoms with van der Waals surface area (Å²) in [4.78, 5) is 0. The number of thioether (sulfide) groups is 1. The highest BCUT2D eigenvalue weighted by Gasteiger charge is 2.40. The molecule has 0 aliphatic rings. The summed E-state index contributed by atoms with van der Waals surface area (Å²) in [6.45, 7) is 5.80. The van der Waals surface area contributed by atoms with E-state index in [1.165, 1.54) is 0 Å². The molecule has 0 aromatic heterocycles. The minimum atomic E-state index is -3.00. The molecule has 0 saturated carbocycles. The maximum absolute atomic E-state index is 11.4. The lowest BCUT2D eigenvalue weighted by atomic mass is 10.4. The molecule has 0 heterocycles. The molecule has 5 heteroatoms. The zero-order valence-corrected chi connectivity index (χ0v) is 10.2. The summed E-state index contributed by atoms with van der Waals surface area (Å²) in [6.07, 6.45) is 0.732. The molecule has 11 heavy (non-hydrogen) atoms. The molecule has 0 aliphatic carbocycles. The second-order valence-electron chi connectivity index (χ2n) is 2.42. The van der Waals surface area contributed by atoms with Gasteiger partial charge in [-0.3, -0.25) is 4.57 Å². The molecule has 1 unspecified atom stereocenters. The molecule has 1 nitrogen and oxygen atoms in total. The van der Waals surface area contributed by atoms with E-state index in [0.29, 0.717) is 0 Å². The molecule has 1 atom stereocenters. The predicted molar refractivity (Wildman–Crippen MR) is 56.1 cm³/mol. The normalized spacial score (nSPS) is 17.9. The van der Waals surface area contributed by atoms with Crippen LogP contribution in [0.4, 0.5) is 0 Å². The molecule has 0 aromatic carbocycles. The topological polar surface area (TPSA) is 17.1 Å². The summed E-state index contributed by atoms with van der Waals surface area (Å²) in [7, 11) is 0. The maximum atomic E-state index is 11.4. The van der Waals surface area contributed by atoms with Gasteiger partial charge in [-0.2, -0.15) is 0 Å². The summed E-state index contributed by atoms with van der Waals surface area (Å²) in [6, 6.07) is 0. The minimum Gasteiger partial charge on any atom is -0.288 e. The maximum Gasteiger partial charge on any atom is 0.268 e. The van der Waals surface area contributed by atoms with Gasteiger partial charge in [0, 0.05) is 0 Å². The molecule has 0 fully saturated rings. The van der Waals surface area contributed by atoms with E-state index in [2.05, 4.69) is 0 Å². The zero-order chi connectivity index (χ0) is 9.12. The summed E-state index contributed by atoms with van der Waals surface area (Å²) in [5.41, 5.74) is 0. The largest absolute Gasteiger partial charge is 0.288 e. The van der Waals surface area contributed by atoms with Crippen LogP contribution in [0, 0.1) is 0 Å². The Morgan fingerprint density at radius 3 is 2.00 bits per heavy atom. The van der Waals surface area contributed by atoms with E-state index < -0.39 is 10.3 Å². The number of hydrogen-bond acceptors (Lipinski definition) is 2. The molecule has 0 N–H and O–H groups in total. The van der Waals surface area contributed by atoms with Gasteiger partial charge >= 0.3 is 0 Å². The summed E-state index contributed by atoms with van der Waals surface area (Å²) < 4.78 is 10.9. The van der Waals surface area contributed by atoms with Crippen molar-refractivity contribution in [2.24, 2.45) is 0 Å². The van der Waals surface area contributed by atoms with Crippen molar-refractivity contribution in [1.82, 2.24) is 0 Å². The Bertz CT molecular complexity index is 170. The SMILES string of the molecule is CCSC(C)(CC)P(=O)(Cl)Cl. The lowest BCUT2D eigenvalue weighted by Gasteiger charge is -2.27. The minimum absolute atomic E-state index is 0.467. The van der Waals surface area contributed by atoms with Gasteiger partial charge in [-0.25, -0.2) is 0 Å². The fourth-order valence-electron chi connectivity index (χ4n) is 0.672. The molecule has 0 saturated heterocycles. The molecule has 0 spiro atoms. The average Bonchev–Trinajstić information content (AvgIpc) is 1.86. The van der Waals surface area contributed by atoms with Crippen LogP contribution in [0.25, 0.3) is 0 Å². The fraction of sp³-hybridized carbons (Fsp3) is 1.00. The van der Waals surface area contributed by atoms with Crippen LogP contribution in [0.5, 0.6) is 0 Å². The molecule has 0 amide bonds. The Labute approximate surface area is 82.2 Å². The van der Waals surface area contributed by atoms with Gasteiger partial charge in [0.05, 0.1) is 4.49 Å². The van der Waals surface area contributed by atoms with E-state index in [0.717, 1.165) is 12.2 Å². The van der Waals surface area contributed by atoms with Crippen LogP contribution in [0.2, 0.25) is 0 Å². The van der Waals surface area contributed by atoms with Crippen molar-refractivity contribution in [3.05, 3.63) is 0 Å². The average molecular weight is 235 g/mol. The van der Waals surface area contributed by atoms with Crippen molar-refractivity contribution >= 4 is 40.1 Å². The van der Waals surface area contributed by atoms with Crippen molar-refractivity contribution in [3.8, 4) is 0 Å². The molecule has 0 aliphatic heterocycles. The van der Waals surface area contributed by atoms with Crippen LogP contribution in [0.15, 0.2) is 0 Å². The zero-order valence-electron chi connectivity index (χ0n) is 6.93. The van der Waals surface area contributed by atoms with Crippen LogP contribution in [0.1, 0.15) is 27.2 Å². The van der Waals surface area contributed by atoms with Crippen molar-refractivity contribution in [3.63, 3.8) is 0 Å². The van der Waals surface area contributed by atoms with E-state index in [4.69, 9.17) is 22.5 Å². The Morgan fingerprint density at radius 2 is 1.91 bits per heavy atom. The first kappa shape index (κ1) is 12.2. The highest BCUT2D eigenvalue weighted by Crippen LogP contribution is 2.71. The van der Waals surface area contributed by atoms with Gasteiger partial charge in [0.25, 0.3) is 5.85 Å². The highest BCUT2D eigenvalue weighted by molar-refractivity contribution is 8.21. The lowest BCUT2D eigenvalue weighted by molar-refractivity contribution is 0.579. The Morgan fingerprint density at radius 1 is 1.45 bits per heavy atom. The van der Waals surface area contributed by atoms with Crippen molar-refractivity contribution in [1.29, 1.82) is 0 Å². The first-order valence-electron chi connectivity index (χ1n) is 3.50. The second-order valence-corrected chi connectivity index (χ2v) is 9.78. The number of hydrogen-bond donors (Lipinski definition) is 0. The number of halogens is 2. The van der Waals surface area contributed by atoms with Gasteiger partial charge in [0.15, 0.2) is 0 Å². The quantitative estimate of drug-likeness (QED) is 0.665. The van der Waals surface area contributed by atoms with Gasteiger partial charge in [-0.05, 0) is 41.6 Å². The van der Waals surface area contributed by atoms with Crippen LogP contribution >= 0.6 is 40.1 Å². The molecule has 0 rings (SSSR count). The van der Waals surface area contributed by atoms with Crippen LogP contribution in [-0.4, -0.2) is 10.2 Å².